The lowest BCUT2D eigenvalue weighted by molar-refractivity contribution is -0.124. The van der Waals surface area contributed by atoms with Crippen LogP contribution in [0.2, 0.25) is 0 Å². The summed E-state index contributed by atoms with van der Waals surface area (Å²) in [7, 11) is -3.73. The van der Waals surface area contributed by atoms with Gasteiger partial charge in [0.25, 0.3) is 0 Å². The monoisotopic (exact) mass is 418 g/mol. The number of carbonyl (C=O) groups excluding carboxylic acids is 1. The predicted octanol–water partition coefficient (Wildman–Crippen LogP) is 3.39. The van der Waals surface area contributed by atoms with E-state index in [0.717, 1.165) is 6.42 Å². The fraction of sp³-hybridized carbons (Fsp3) is 0.409. The molecule has 1 N–H and O–H groups in total. The van der Waals surface area contributed by atoms with E-state index in [0.29, 0.717) is 18.0 Å². The predicted molar refractivity (Wildman–Crippen MR) is 110 cm³/mol. The summed E-state index contributed by atoms with van der Waals surface area (Å²) in [5, 5.41) is 2.93. The average molecular weight is 419 g/mol. The highest BCUT2D eigenvalue weighted by atomic mass is 32.2. The van der Waals surface area contributed by atoms with E-state index in [4.69, 9.17) is 0 Å². The molecular formula is C22H27FN2O3S. The molecule has 0 aromatic heterocycles. The molecule has 3 rings (SSSR count). The van der Waals surface area contributed by atoms with Gasteiger partial charge in [-0.3, -0.25) is 4.79 Å². The quantitative estimate of drug-likeness (QED) is 0.750. The first-order valence-electron chi connectivity index (χ1n) is 9.87. The molecule has 0 saturated carbocycles. The molecule has 0 spiro atoms. The van der Waals surface area contributed by atoms with Crippen molar-refractivity contribution in [3.05, 3.63) is 66.0 Å². The minimum atomic E-state index is -3.73. The van der Waals surface area contributed by atoms with E-state index in [-0.39, 0.29) is 23.9 Å². The Morgan fingerprint density at radius 2 is 1.86 bits per heavy atom. The van der Waals surface area contributed by atoms with Gasteiger partial charge in [0.2, 0.25) is 15.9 Å². The molecule has 29 heavy (non-hydrogen) atoms. The fourth-order valence-corrected chi connectivity index (χ4v) is 5.17. The van der Waals surface area contributed by atoms with Crippen molar-refractivity contribution in [2.24, 2.45) is 11.8 Å². The number of nitrogens with one attached hydrogen (secondary N) is 1. The lowest BCUT2D eigenvalue weighted by Crippen LogP contribution is -2.36. The van der Waals surface area contributed by atoms with Crippen LogP contribution in [0.15, 0.2) is 59.5 Å². The SMILES string of the molecule is CC(C)CCNC(=O)[C@H]1CN(S(=O)(=O)c2ccccc2)C[C@H]1c1cccc(F)c1. The Hall–Kier alpha value is -2.25. The Labute approximate surface area is 172 Å². The molecule has 1 aliphatic rings. The fourth-order valence-electron chi connectivity index (χ4n) is 3.66. The molecule has 0 unspecified atom stereocenters. The van der Waals surface area contributed by atoms with Gasteiger partial charge in [0.05, 0.1) is 10.8 Å². The van der Waals surface area contributed by atoms with E-state index < -0.39 is 27.7 Å². The Balaban J connectivity index is 1.87. The van der Waals surface area contributed by atoms with Crippen LogP contribution in [0.4, 0.5) is 4.39 Å². The number of sulfonamides is 1. The number of hydrogen-bond donors (Lipinski definition) is 1. The van der Waals surface area contributed by atoms with Gasteiger partial charge in [0.1, 0.15) is 5.82 Å². The van der Waals surface area contributed by atoms with Crippen molar-refractivity contribution >= 4 is 15.9 Å². The summed E-state index contributed by atoms with van der Waals surface area (Å²) < 4.78 is 41.3. The second kappa shape index (κ2) is 9.05. The molecule has 0 radical (unpaired) electrons. The van der Waals surface area contributed by atoms with Crippen LogP contribution in [0.5, 0.6) is 0 Å². The van der Waals surface area contributed by atoms with Gasteiger partial charge in [-0.2, -0.15) is 4.31 Å². The molecule has 0 aliphatic carbocycles. The first kappa shape index (κ1) is 21.5. The van der Waals surface area contributed by atoms with Gasteiger partial charge in [-0.15, -0.1) is 0 Å². The molecule has 1 fully saturated rings. The number of rotatable bonds is 7. The van der Waals surface area contributed by atoms with Crippen molar-refractivity contribution in [3.8, 4) is 0 Å². The van der Waals surface area contributed by atoms with Crippen LogP contribution >= 0.6 is 0 Å². The minimum Gasteiger partial charge on any atom is -0.356 e. The van der Waals surface area contributed by atoms with Crippen LogP contribution in [0.1, 0.15) is 31.7 Å². The third-order valence-electron chi connectivity index (χ3n) is 5.30. The largest absolute Gasteiger partial charge is 0.356 e. The van der Waals surface area contributed by atoms with Crippen LogP contribution in [-0.2, 0) is 14.8 Å². The Morgan fingerprint density at radius 1 is 1.14 bits per heavy atom. The molecule has 2 aromatic rings. The number of halogens is 1. The van der Waals surface area contributed by atoms with Crippen molar-refractivity contribution in [1.82, 2.24) is 9.62 Å². The number of nitrogens with zero attached hydrogens (tertiary/aromatic N) is 1. The van der Waals surface area contributed by atoms with Crippen molar-refractivity contribution in [3.63, 3.8) is 0 Å². The number of benzene rings is 2. The molecule has 1 heterocycles. The van der Waals surface area contributed by atoms with Crippen LogP contribution in [0, 0.1) is 17.7 Å². The summed E-state index contributed by atoms with van der Waals surface area (Å²) in [6.07, 6.45) is 0.842. The van der Waals surface area contributed by atoms with Crippen molar-refractivity contribution in [2.75, 3.05) is 19.6 Å². The van der Waals surface area contributed by atoms with Gasteiger partial charge < -0.3 is 5.32 Å². The molecule has 2 aromatic carbocycles. The van der Waals surface area contributed by atoms with Crippen molar-refractivity contribution < 1.29 is 17.6 Å². The van der Waals surface area contributed by atoms with E-state index in [9.17, 15) is 17.6 Å². The summed E-state index contributed by atoms with van der Waals surface area (Å²) in [4.78, 5) is 13.1. The summed E-state index contributed by atoms with van der Waals surface area (Å²) in [5.41, 5.74) is 0.639. The highest BCUT2D eigenvalue weighted by Crippen LogP contribution is 2.36. The van der Waals surface area contributed by atoms with Gasteiger partial charge in [0, 0.05) is 25.6 Å². The molecular weight excluding hydrogens is 391 g/mol. The minimum absolute atomic E-state index is 0.0753. The number of hydrogen-bond acceptors (Lipinski definition) is 3. The van der Waals surface area contributed by atoms with Gasteiger partial charge in [-0.05, 0) is 42.2 Å². The van der Waals surface area contributed by atoms with E-state index in [1.807, 2.05) is 0 Å². The molecule has 1 aliphatic heterocycles. The molecule has 0 bridgehead atoms. The van der Waals surface area contributed by atoms with Crippen molar-refractivity contribution in [2.45, 2.75) is 31.1 Å². The third-order valence-corrected chi connectivity index (χ3v) is 7.15. The zero-order valence-corrected chi connectivity index (χ0v) is 17.5. The topological polar surface area (TPSA) is 66.5 Å². The van der Waals surface area contributed by atoms with Gasteiger partial charge in [-0.1, -0.05) is 44.2 Å². The number of carbonyl (C=O) groups is 1. The van der Waals surface area contributed by atoms with Gasteiger partial charge >= 0.3 is 0 Å². The molecule has 2 atom stereocenters. The van der Waals surface area contributed by atoms with E-state index in [2.05, 4.69) is 19.2 Å². The normalized spacial score (nSPS) is 20.1. The van der Waals surface area contributed by atoms with Crippen LogP contribution in [0.25, 0.3) is 0 Å². The molecule has 156 valence electrons. The first-order valence-corrected chi connectivity index (χ1v) is 11.3. The maximum Gasteiger partial charge on any atom is 0.243 e. The van der Waals surface area contributed by atoms with E-state index >= 15 is 0 Å². The second-order valence-corrected chi connectivity index (χ2v) is 9.81. The maximum atomic E-state index is 13.8. The summed E-state index contributed by atoms with van der Waals surface area (Å²) in [6, 6.07) is 14.3. The van der Waals surface area contributed by atoms with Crippen molar-refractivity contribution in [1.29, 1.82) is 0 Å². The molecule has 1 amide bonds. The maximum absolute atomic E-state index is 13.8. The van der Waals surface area contributed by atoms with Gasteiger partial charge in [0.15, 0.2) is 0 Å². The van der Waals surface area contributed by atoms with Crippen LogP contribution in [-0.4, -0.2) is 38.3 Å². The first-order chi connectivity index (χ1) is 13.8. The van der Waals surface area contributed by atoms with Crippen LogP contribution in [0.3, 0.4) is 0 Å². The Morgan fingerprint density at radius 3 is 2.52 bits per heavy atom. The van der Waals surface area contributed by atoms with E-state index in [1.165, 1.54) is 16.4 Å². The second-order valence-electron chi connectivity index (χ2n) is 7.88. The lowest BCUT2D eigenvalue weighted by Gasteiger charge is -2.18. The zero-order chi connectivity index (χ0) is 21.0. The molecule has 7 heteroatoms. The summed E-state index contributed by atoms with van der Waals surface area (Å²) in [5.74, 6) is -1.10. The zero-order valence-electron chi connectivity index (χ0n) is 16.7. The number of amides is 1. The smallest absolute Gasteiger partial charge is 0.243 e. The summed E-state index contributed by atoms with van der Waals surface area (Å²) in [6.45, 7) is 4.90. The van der Waals surface area contributed by atoms with Gasteiger partial charge in [-0.25, -0.2) is 12.8 Å². The third kappa shape index (κ3) is 5.03. The highest BCUT2D eigenvalue weighted by molar-refractivity contribution is 7.89. The highest BCUT2D eigenvalue weighted by Gasteiger charge is 2.43. The Kier molecular flexibility index (Phi) is 6.70. The van der Waals surface area contributed by atoms with Crippen LogP contribution < -0.4 is 5.32 Å². The average Bonchev–Trinajstić information content (AvgIpc) is 3.15. The molecule has 1 saturated heterocycles. The lowest BCUT2D eigenvalue weighted by atomic mass is 9.88. The standard InChI is InChI=1S/C22H27FN2O3S/c1-16(2)11-12-24-22(26)21-15-25(29(27,28)19-9-4-3-5-10-19)14-20(21)17-7-6-8-18(23)13-17/h3-10,13,16,20-21H,11-12,14-15H2,1-2H3,(H,24,26)/t20-,21-/m0/s1. The summed E-state index contributed by atoms with van der Waals surface area (Å²) >= 11 is 0. The molecule has 5 nitrogen and oxygen atoms in total. The van der Waals surface area contributed by atoms with E-state index in [1.54, 1.807) is 42.5 Å². The Bertz CT molecular complexity index is 948.